The molecule has 0 radical (unpaired) electrons. The first-order valence-corrected chi connectivity index (χ1v) is 7.66. The minimum atomic E-state index is -4.33. The monoisotopic (exact) mass is 380 g/mol. The van der Waals surface area contributed by atoms with Crippen molar-refractivity contribution in [2.45, 2.75) is 12.7 Å². The number of halogens is 4. The van der Waals surface area contributed by atoms with Gasteiger partial charge in [0.05, 0.1) is 5.56 Å². The number of aromatic nitrogens is 2. The second kappa shape index (κ2) is 6.20. The molecule has 0 bridgehead atoms. The zero-order chi connectivity index (χ0) is 16.4. The Balaban J connectivity index is 1.87. The Bertz CT molecular complexity index is 790. The van der Waals surface area contributed by atoms with Crippen LogP contribution in [0.25, 0.3) is 11.4 Å². The highest BCUT2D eigenvalue weighted by atomic mass is 79.9. The molecule has 0 aliphatic rings. The molecule has 0 aliphatic heterocycles. The zero-order valence-electron chi connectivity index (χ0n) is 11.9. The Hall–Kier alpha value is -2.08. The molecule has 6 heteroatoms. The number of benzene rings is 2. The first kappa shape index (κ1) is 15.8. The Labute approximate surface area is 139 Å². The van der Waals surface area contributed by atoms with E-state index in [0.29, 0.717) is 17.9 Å². The van der Waals surface area contributed by atoms with E-state index in [2.05, 4.69) is 20.9 Å². The number of nitrogens with zero attached hydrogens (tertiary/aromatic N) is 2. The summed E-state index contributed by atoms with van der Waals surface area (Å²) in [5, 5.41) is 0. The van der Waals surface area contributed by atoms with Gasteiger partial charge < -0.3 is 4.57 Å². The molecule has 0 unspecified atom stereocenters. The van der Waals surface area contributed by atoms with Crippen molar-refractivity contribution in [1.29, 1.82) is 0 Å². The van der Waals surface area contributed by atoms with Gasteiger partial charge in [-0.1, -0.05) is 40.2 Å². The highest BCUT2D eigenvalue weighted by Crippen LogP contribution is 2.30. The quantitative estimate of drug-likeness (QED) is 0.596. The van der Waals surface area contributed by atoms with Crippen LogP contribution in [0.15, 0.2) is 65.4 Å². The molecule has 2 aromatic carbocycles. The molecule has 3 aromatic rings. The van der Waals surface area contributed by atoms with E-state index in [4.69, 9.17) is 0 Å². The molecule has 1 aromatic heterocycles. The Kier molecular flexibility index (Phi) is 4.26. The van der Waals surface area contributed by atoms with E-state index < -0.39 is 11.7 Å². The van der Waals surface area contributed by atoms with Gasteiger partial charge in [0.25, 0.3) is 0 Å². The first-order valence-electron chi connectivity index (χ1n) is 6.87. The Morgan fingerprint density at radius 2 is 1.61 bits per heavy atom. The average molecular weight is 381 g/mol. The third-order valence-electron chi connectivity index (χ3n) is 3.45. The fourth-order valence-electron chi connectivity index (χ4n) is 2.29. The van der Waals surface area contributed by atoms with E-state index in [-0.39, 0.29) is 0 Å². The lowest BCUT2D eigenvalue weighted by molar-refractivity contribution is -0.137. The molecule has 0 aliphatic carbocycles. The van der Waals surface area contributed by atoms with Crippen molar-refractivity contribution in [3.63, 3.8) is 0 Å². The Morgan fingerprint density at radius 1 is 0.957 bits per heavy atom. The van der Waals surface area contributed by atoms with Gasteiger partial charge >= 0.3 is 6.18 Å². The maximum Gasteiger partial charge on any atom is 0.416 e. The highest BCUT2D eigenvalue weighted by molar-refractivity contribution is 9.10. The molecule has 0 saturated carbocycles. The second-order valence-electron chi connectivity index (χ2n) is 5.08. The molecule has 1 heterocycles. The largest absolute Gasteiger partial charge is 0.416 e. The lowest BCUT2D eigenvalue weighted by Crippen LogP contribution is -2.05. The molecule has 3 rings (SSSR count). The molecular weight excluding hydrogens is 369 g/mol. The molecule has 0 fully saturated rings. The normalized spacial score (nSPS) is 11.7. The topological polar surface area (TPSA) is 17.8 Å². The van der Waals surface area contributed by atoms with E-state index in [1.54, 1.807) is 6.20 Å². The van der Waals surface area contributed by atoms with Gasteiger partial charge in [0.2, 0.25) is 0 Å². The van der Waals surface area contributed by atoms with Gasteiger partial charge in [-0.3, -0.25) is 0 Å². The lowest BCUT2D eigenvalue weighted by atomic mass is 10.1. The van der Waals surface area contributed by atoms with E-state index in [0.717, 1.165) is 22.2 Å². The van der Waals surface area contributed by atoms with Crippen molar-refractivity contribution in [2.75, 3.05) is 0 Å². The van der Waals surface area contributed by atoms with Crippen LogP contribution in [0.4, 0.5) is 13.2 Å². The van der Waals surface area contributed by atoms with Crippen molar-refractivity contribution in [1.82, 2.24) is 9.55 Å². The SMILES string of the molecule is FC(F)(F)c1ccc(-c2nccn2Cc2ccc(Br)cc2)cc1. The lowest BCUT2D eigenvalue weighted by Gasteiger charge is -2.10. The minimum Gasteiger partial charge on any atom is -0.327 e. The fraction of sp³-hybridized carbons (Fsp3) is 0.118. The Morgan fingerprint density at radius 3 is 2.22 bits per heavy atom. The van der Waals surface area contributed by atoms with Gasteiger partial charge in [-0.25, -0.2) is 4.98 Å². The van der Waals surface area contributed by atoms with Crippen molar-refractivity contribution < 1.29 is 13.2 Å². The summed E-state index contributed by atoms with van der Waals surface area (Å²) in [4.78, 5) is 4.26. The predicted octanol–water partition coefficient (Wildman–Crippen LogP) is 5.38. The van der Waals surface area contributed by atoms with Crippen LogP contribution in [0, 0.1) is 0 Å². The van der Waals surface area contributed by atoms with Gasteiger partial charge in [0.15, 0.2) is 0 Å². The number of alkyl halides is 3. The van der Waals surface area contributed by atoms with Gasteiger partial charge in [-0.05, 0) is 29.8 Å². The maximum absolute atomic E-state index is 12.6. The summed E-state index contributed by atoms with van der Waals surface area (Å²) < 4.78 is 40.8. The van der Waals surface area contributed by atoms with Gasteiger partial charge in [0.1, 0.15) is 5.82 Å². The first-order chi connectivity index (χ1) is 10.9. The molecule has 0 spiro atoms. The van der Waals surface area contributed by atoms with Crippen LogP contribution in [0.5, 0.6) is 0 Å². The molecule has 2 nitrogen and oxygen atoms in total. The van der Waals surface area contributed by atoms with Crippen molar-refractivity contribution >= 4 is 15.9 Å². The smallest absolute Gasteiger partial charge is 0.327 e. The minimum absolute atomic E-state index is 0.601. The van der Waals surface area contributed by atoms with E-state index in [9.17, 15) is 13.2 Å². The summed E-state index contributed by atoms with van der Waals surface area (Å²) in [6.07, 6.45) is -0.869. The van der Waals surface area contributed by atoms with E-state index in [1.165, 1.54) is 12.1 Å². The second-order valence-corrected chi connectivity index (χ2v) is 6.00. The van der Waals surface area contributed by atoms with Crippen molar-refractivity contribution in [3.05, 3.63) is 76.5 Å². The summed E-state index contributed by atoms with van der Waals surface area (Å²) in [5.74, 6) is 0.640. The van der Waals surface area contributed by atoms with E-state index in [1.807, 2.05) is 35.0 Å². The standard InChI is InChI=1S/C17H12BrF3N2/c18-15-7-1-12(2-8-15)11-23-10-9-22-16(23)13-3-5-14(6-4-13)17(19,20)21/h1-10H,11H2. The van der Waals surface area contributed by atoms with Crippen molar-refractivity contribution in [3.8, 4) is 11.4 Å². The fourth-order valence-corrected chi connectivity index (χ4v) is 2.56. The number of hydrogen-bond acceptors (Lipinski definition) is 1. The molecule has 0 atom stereocenters. The summed E-state index contributed by atoms with van der Waals surface area (Å²) >= 11 is 3.39. The van der Waals surface area contributed by atoms with Gasteiger partial charge in [-0.15, -0.1) is 0 Å². The molecule has 118 valence electrons. The third kappa shape index (κ3) is 3.64. The summed E-state index contributed by atoms with van der Waals surface area (Å²) in [5.41, 5.74) is 1.08. The van der Waals surface area contributed by atoms with Crippen LogP contribution >= 0.6 is 15.9 Å². The van der Waals surface area contributed by atoms with Crippen LogP contribution in [-0.4, -0.2) is 9.55 Å². The number of imidazole rings is 1. The molecule has 0 N–H and O–H groups in total. The molecule has 23 heavy (non-hydrogen) atoms. The zero-order valence-corrected chi connectivity index (χ0v) is 13.5. The maximum atomic E-state index is 12.6. The molecule has 0 amide bonds. The number of hydrogen-bond donors (Lipinski definition) is 0. The van der Waals surface area contributed by atoms with Gasteiger partial charge in [-0.2, -0.15) is 13.2 Å². The van der Waals surface area contributed by atoms with Crippen LogP contribution in [0.2, 0.25) is 0 Å². The van der Waals surface area contributed by atoms with Crippen molar-refractivity contribution in [2.24, 2.45) is 0 Å². The third-order valence-corrected chi connectivity index (χ3v) is 3.98. The highest BCUT2D eigenvalue weighted by Gasteiger charge is 2.30. The van der Waals surface area contributed by atoms with Gasteiger partial charge in [0, 0.05) is 29.0 Å². The van der Waals surface area contributed by atoms with Crippen LogP contribution in [0.1, 0.15) is 11.1 Å². The van der Waals surface area contributed by atoms with E-state index >= 15 is 0 Å². The van der Waals surface area contributed by atoms with Crippen LogP contribution in [0.3, 0.4) is 0 Å². The van der Waals surface area contributed by atoms with Crippen LogP contribution < -0.4 is 0 Å². The summed E-state index contributed by atoms with van der Waals surface area (Å²) in [7, 11) is 0. The average Bonchev–Trinajstić information content (AvgIpc) is 2.97. The van der Waals surface area contributed by atoms with Crippen LogP contribution in [-0.2, 0) is 12.7 Å². The predicted molar refractivity (Wildman–Crippen MR) is 85.9 cm³/mol. The summed E-state index contributed by atoms with van der Waals surface area (Å²) in [6.45, 7) is 0.601. The number of rotatable bonds is 3. The molecular formula is C17H12BrF3N2. The summed E-state index contributed by atoms with van der Waals surface area (Å²) in [6, 6.07) is 12.9. The molecule has 0 saturated heterocycles.